The van der Waals surface area contributed by atoms with E-state index in [0.29, 0.717) is 0 Å². The number of para-hydroxylation sites is 1. The largest absolute Gasteiger partial charge is 0.346 e. The van der Waals surface area contributed by atoms with Gasteiger partial charge in [0, 0.05) is 17.4 Å². The number of aryl methyl sites for hydroxylation is 1. The molecule has 0 fully saturated rings. The van der Waals surface area contributed by atoms with Gasteiger partial charge in [-0.15, -0.1) is 12.4 Å². The van der Waals surface area contributed by atoms with Crippen molar-refractivity contribution in [3.8, 4) is 11.1 Å². The molecule has 3 heterocycles. The average molecular weight is 343 g/mol. The van der Waals surface area contributed by atoms with E-state index in [4.69, 9.17) is 0 Å². The molecule has 4 rings (SSSR count). The van der Waals surface area contributed by atoms with Crippen LogP contribution in [0.1, 0.15) is 5.56 Å². The molecule has 3 aromatic heterocycles. The highest BCUT2D eigenvalue weighted by Gasteiger charge is 2.11. The van der Waals surface area contributed by atoms with Gasteiger partial charge < -0.3 is 10.3 Å². The Morgan fingerprint density at radius 1 is 1.13 bits per heavy atom. The predicted octanol–water partition coefficient (Wildman–Crippen LogP) is 5.16. The second-order valence-corrected chi connectivity index (χ2v) is 5.88. The van der Waals surface area contributed by atoms with Crippen molar-refractivity contribution < 1.29 is 0 Å². The molecule has 6 heteroatoms. The number of rotatable bonds is 3. The summed E-state index contributed by atoms with van der Waals surface area (Å²) in [5.41, 5.74) is 5.41. The molecule has 4 aromatic rings. The number of fused-ring (bicyclic) bond motifs is 1. The minimum Gasteiger partial charge on any atom is -0.346 e. The average Bonchev–Trinajstić information content (AvgIpc) is 3.19. The van der Waals surface area contributed by atoms with E-state index in [-0.39, 0.29) is 12.4 Å². The van der Waals surface area contributed by atoms with E-state index in [1.807, 2.05) is 12.3 Å². The first kappa shape index (κ1) is 15.5. The topological polar surface area (TPSA) is 53.6 Å². The lowest BCUT2D eigenvalue weighted by Gasteiger charge is -2.11. The van der Waals surface area contributed by atoms with E-state index in [0.717, 1.165) is 28.1 Å². The van der Waals surface area contributed by atoms with Gasteiger partial charge in [0.25, 0.3) is 0 Å². The standard InChI is InChI=1S/C17H14N4S.ClH/c1-11-8-18-16-15(11)17(20-10-19-16)21-14-5-3-2-4-13(14)12-6-7-22-9-12;/h2-10H,1H3,(H2,18,19,20,21);1H. The number of benzene rings is 1. The van der Waals surface area contributed by atoms with Crippen molar-refractivity contribution in [2.75, 3.05) is 5.32 Å². The maximum Gasteiger partial charge on any atom is 0.143 e. The molecule has 0 unspecified atom stereocenters. The van der Waals surface area contributed by atoms with Gasteiger partial charge in [-0.1, -0.05) is 18.2 Å². The molecule has 2 N–H and O–H groups in total. The molecule has 0 radical (unpaired) electrons. The van der Waals surface area contributed by atoms with Crippen LogP contribution in [0.25, 0.3) is 22.2 Å². The van der Waals surface area contributed by atoms with Gasteiger partial charge in [-0.3, -0.25) is 0 Å². The Morgan fingerprint density at radius 2 is 2.00 bits per heavy atom. The van der Waals surface area contributed by atoms with E-state index in [1.165, 1.54) is 11.1 Å². The predicted molar refractivity (Wildman–Crippen MR) is 98.9 cm³/mol. The first-order valence-corrected chi connectivity index (χ1v) is 7.94. The van der Waals surface area contributed by atoms with Crippen LogP contribution in [0.2, 0.25) is 0 Å². The zero-order valence-electron chi connectivity index (χ0n) is 12.4. The molecule has 23 heavy (non-hydrogen) atoms. The normalized spacial score (nSPS) is 10.5. The summed E-state index contributed by atoms with van der Waals surface area (Å²) in [6.45, 7) is 2.05. The molecule has 116 valence electrons. The van der Waals surface area contributed by atoms with Crippen molar-refractivity contribution in [2.24, 2.45) is 0 Å². The quantitative estimate of drug-likeness (QED) is 0.540. The van der Waals surface area contributed by atoms with Crippen LogP contribution in [0.5, 0.6) is 0 Å². The number of thiophene rings is 1. The Labute approximate surface area is 144 Å². The van der Waals surface area contributed by atoms with Crippen LogP contribution in [-0.2, 0) is 0 Å². The minimum atomic E-state index is 0. The number of nitrogens with one attached hydrogen (secondary N) is 2. The number of aromatic nitrogens is 3. The molecule has 4 nitrogen and oxygen atoms in total. The molecule has 0 atom stereocenters. The van der Waals surface area contributed by atoms with Gasteiger partial charge in [0.15, 0.2) is 0 Å². The van der Waals surface area contributed by atoms with Crippen LogP contribution in [0.15, 0.2) is 53.6 Å². The number of halogens is 1. The lowest BCUT2D eigenvalue weighted by molar-refractivity contribution is 1.20. The number of nitrogens with zero attached hydrogens (tertiary/aromatic N) is 2. The number of anilines is 2. The number of H-pyrrole nitrogens is 1. The summed E-state index contributed by atoms with van der Waals surface area (Å²) >= 11 is 1.70. The summed E-state index contributed by atoms with van der Waals surface area (Å²) in [6.07, 6.45) is 3.53. The smallest absolute Gasteiger partial charge is 0.143 e. The summed E-state index contributed by atoms with van der Waals surface area (Å²) in [7, 11) is 0. The Balaban J connectivity index is 0.00000156. The summed E-state index contributed by atoms with van der Waals surface area (Å²) in [6, 6.07) is 10.4. The maximum atomic E-state index is 4.42. The monoisotopic (exact) mass is 342 g/mol. The second-order valence-electron chi connectivity index (χ2n) is 5.10. The van der Waals surface area contributed by atoms with E-state index in [2.05, 4.69) is 62.2 Å². The lowest BCUT2D eigenvalue weighted by Crippen LogP contribution is -1.97. The summed E-state index contributed by atoms with van der Waals surface area (Å²) in [5, 5.41) is 8.73. The first-order chi connectivity index (χ1) is 10.8. The highest BCUT2D eigenvalue weighted by atomic mass is 35.5. The Bertz CT molecular complexity index is 931. The highest BCUT2D eigenvalue weighted by Crippen LogP contribution is 2.33. The van der Waals surface area contributed by atoms with Crippen LogP contribution in [0.3, 0.4) is 0 Å². The molecule has 0 aliphatic rings. The molecule has 0 bridgehead atoms. The van der Waals surface area contributed by atoms with Crippen molar-refractivity contribution in [3.63, 3.8) is 0 Å². The molecule has 0 spiro atoms. The number of aromatic amines is 1. The Morgan fingerprint density at radius 3 is 2.83 bits per heavy atom. The summed E-state index contributed by atoms with van der Waals surface area (Å²) in [4.78, 5) is 11.9. The fraction of sp³-hybridized carbons (Fsp3) is 0.0588. The number of hydrogen-bond donors (Lipinski definition) is 2. The first-order valence-electron chi connectivity index (χ1n) is 7.00. The highest BCUT2D eigenvalue weighted by molar-refractivity contribution is 7.08. The fourth-order valence-electron chi connectivity index (χ4n) is 2.60. The van der Waals surface area contributed by atoms with Gasteiger partial charge in [-0.05, 0) is 40.9 Å². The van der Waals surface area contributed by atoms with E-state index in [9.17, 15) is 0 Å². The van der Waals surface area contributed by atoms with Crippen LogP contribution >= 0.6 is 23.7 Å². The molecular weight excluding hydrogens is 328 g/mol. The van der Waals surface area contributed by atoms with Crippen molar-refractivity contribution in [1.82, 2.24) is 15.0 Å². The SMILES string of the molecule is Cc1c[nH]c2ncnc(Nc3ccccc3-c3ccsc3)c12.Cl. The third kappa shape index (κ3) is 2.81. The van der Waals surface area contributed by atoms with E-state index < -0.39 is 0 Å². The van der Waals surface area contributed by atoms with Crippen molar-refractivity contribution in [3.05, 3.63) is 59.2 Å². The third-order valence-corrected chi connectivity index (χ3v) is 4.36. The third-order valence-electron chi connectivity index (χ3n) is 3.68. The number of hydrogen-bond acceptors (Lipinski definition) is 4. The van der Waals surface area contributed by atoms with Gasteiger partial charge in [-0.25, -0.2) is 9.97 Å². The zero-order chi connectivity index (χ0) is 14.9. The zero-order valence-corrected chi connectivity index (χ0v) is 14.0. The van der Waals surface area contributed by atoms with Crippen molar-refractivity contribution in [1.29, 1.82) is 0 Å². The molecule has 0 amide bonds. The molecule has 1 aromatic carbocycles. The molecule has 0 saturated carbocycles. The van der Waals surface area contributed by atoms with Gasteiger partial charge in [0.1, 0.15) is 17.8 Å². The minimum absolute atomic E-state index is 0. The molecular formula is C17H15ClN4S. The Kier molecular flexibility index (Phi) is 4.32. The molecule has 0 saturated heterocycles. The lowest BCUT2D eigenvalue weighted by atomic mass is 10.1. The van der Waals surface area contributed by atoms with Crippen LogP contribution in [-0.4, -0.2) is 15.0 Å². The summed E-state index contributed by atoms with van der Waals surface area (Å²) < 4.78 is 0. The van der Waals surface area contributed by atoms with Gasteiger partial charge >= 0.3 is 0 Å². The fourth-order valence-corrected chi connectivity index (χ4v) is 3.26. The van der Waals surface area contributed by atoms with Crippen molar-refractivity contribution in [2.45, 2.75) is 6.92 Å². The second kappa shape index (κ2) is 6.40. The van der Waals surface area contributed by atoms with Crippen molar-refractivity contribution >= 4 is 46.3 Å². The van der Waals surface area contributed by atoms with Crippen LogP contribution in [0, 0.1) is 6.92 Å². The van der Waals surface area contributed by atoms with E-state index in [1.54, 1.807) is 17.7 Å². The van der Waals surface area contributed by atoms with Gasteiger partial charge in [-0.2, -0.15) is 11.3 Å². The van der Waals surface area contributed by atoms with Crippen LogP contribution < -0.4 is 5.32 Å². The van der Waals surface area contributed by atoms with Gasteiger partial charge in [0.05, 0.1) is 5.39 Å². The Hall–Kier alpha value is -2.37. The molecule has 0 aliphatic heterocycles. The van der Waals surface area contributed by atoms with Gasteiger partial charge in [0.2, 0.25) is 0 Å². The summed E-state index contributed by atoms with van der Waals surface area (Å²) in [5.74, 6) is 0.825. The maximum absolute atomic E-state index is 4.42. The molecule has 0 aliphatic carbocycles. The van der Waals surface area contributed by atoms with E-state index >= 15 is 0 Å². The van der Waals surface area contributed by atoms with Crippen LogP contribution in [0.4, 0.5) is 11.5 Å².